The summed E-state index contributed by atoms with van der Waals surface area (Å²) in [5.74, 6) is 2.33. The van der Waals surface area contributed by atoms with Gasteiger partial charge in [0.25, 0.3) is 0 Å². The van der Waals surface area contributed by atoms with Crippen molar-refractivity contribution in [1.82, 2.24) is 4.98 Å². The minimum Gasteiger partial charge on any atom is -0.493 e. The lowest BCUT2D eigenvalue weighted by Gasteiger charge is -2.10. The maximum Gasteiger partial charge on any atom is 0.226 e. The average molecular weight is 384 g/mol. The van der Waals surface area contributed by atoms with Gasteiger partial charge >= 0.3 is 0 Å². The van der Waals surface area contributed by atoms with Crippen LogP contribution >= 0.6 is 0 Å². The molecule has 29 heavy (non-hydrogen) atoms. The molecule has 4 heteroatoms. The molecule has 1 N–H and O–H groups in total. The van der Waals surface area contributed by atoms with Crippen LogP contribution in [0.2, 0.25) is 0 Å². The predicted octanol–water partition coefficient (Wildman–Crippen LogP) is 6.32. The van der Waals surface area contributed by atoms with Gasteiger partial charge in [-0.15, -0.1) is 0 Å². The monoisotopic (exact) mass is 384 g/mol. The van der Waals surface area contributed by atoms with Crippen molar-refractivity contribution in [2.24, 2.45) is 0 Å². The van der Waals surface area contributed by atoms with Crippen molar-refractivity contribution in [3.8, 4) is 17.2 Å². The summed E-state index contributed by atoms with van der Waals surface area (Å²) in [6.07, 6.45) is 0.700. The van der Waals surface area contributed by atoms with E-state index in [-0.39, 0.29) is 0 Å². The molecule has 0 bridgehead atoms. The van der Waals surface area contributed by atoms with E-state index in [0.717, 1.165) is 34.1 Å². The summed E-state index contributed by atoms with van der Waals surface area (Å²) in [4.78, 5) is 4.62. The molecule has 4 nitrogen and oxygen atoms in total. The number of ether oxygens (including phenoxy) is 1. The Morgan fingerprint density at radius 1 is 0.862 bits per heavy atom. The lowest BCUT2D eigenvalue weighted by Crippen LogP contribution is -2.03. The molecule has 0 amide bonds. The third kappa shape index (κ3) is 4.66. The number of oxazole rings is 1. The van der Waals surface area contributed by atoms with Crippen LogP contribution in [0.5, 0.6) is 5.75 Å². The number of nitrogens with one attached hydrogen (secondary N) is 1. The zero-order valence-electron chi connectivity index (χ0n) is 16.7. The van der Waals surface area contributed by atoms with Gasteiger partial charge < -0.3 is 14.5 Å². The summed E-state index contributed by atoms with van der Waals surface area (Å²) in [7, 11) is 0. The molecule has 0 aliphatic heterocycles. The summed E-state index contributed by atoms with van der Waals surface area (Å²) in [6.45, 7) is 4.59. The standard InChI is InChI=1S/C25H24N2O2/c1-18-8-6-7-11-23(18)26-21-12-14-22(15-13-21)28-17-16-24-19(2)29-25(27-24)20-9-4-3-5-10-20/h3-15,26H,16-17H2,1-2H3. The van der Waals surface area contributed by atoms with Crippen molar-refractivity contribution >= 4 is 11.4 Å². The van der Waals surface area contributed by atoms with Crippen molar-refractivity contribution in [1.29, 1.82) is 0 Å². The fraction of sp³-hybridized carbons (Fsp3) is 0.160. The third-order valence-electron chi connectivity index (χ3n) is 4.80. The second-order valence-electron chi connectivity index (χ2n) is 6.95. The SMILES string of the molecule is Cc1ccccc1Nc1ccc(OCCc2nc(-c3ccccc3)oc2C)cc1. The minimum absolute atomic E-state index is 0.548. The van der Waals surface area contributed by atoms with Gasteiger partial charge in [0.1, 0.15) is 11.5 Å². The zero-order valence-corrected chi connectivity index (χ0v) is 16.7. The summed E-state index contributed by atoms with van der Waals surface area (Å²) in [6, 6.07) is 26.2. The van der Waals surface area contributed by atoms with E-state index in [2.05, 4.69) is 29.4 Å². The number of hydrogen-bond acceptors (Lipinski definition) is 4. The minimum atomic E-state index is 0.548. The van der Waals surface area contributed by atoms with E-state index in [1.807, 2.05) is 73.7 Å². The first kappa shape index (κ1) is 18.8. The van der Waals surface area contributed by atoms with Gasteiger partial charge in [0, 0.05) is 23.4 Å². The molecule has 1 heterocycles. The number of aromatic nitrogens is 1. The van der Waals surface area contributed by atoms with E-state index in [0.29, 0.717) is 18.9 Å². The first-order chi connectivity index (χ1) is 14.2. The second-order valence-corrected chi connectivity index (χ2v) is 6.95. The van der Waals surface area contributed by atoms with Crippen LogP contribution in [0.4, 0.5) is 11.4 Å². The number of benzene rings is 3. The Balaban J connectivity index is 1.33. The van der Waals surface area contributed by atoms with Gasteiger partial charge in [-0.05, 0) is 61.9 Å². The fourth-order valence-electron chi connectivity index (χ4n) is 3.13. The Labute approximate surface area is 171 Å². The molecule has 0 atom stereocenters. The van der Waals surface area contributed by atoms with E-state index in [9.17, 15) is 0 Å². The summed E-state index contributed by atoms with van der Waals surface area (Å²) in [5.41, 5.74) is 5.27. The number of aryl methyl sites for hydroxylation is 2. The lowest BCUT2D eigenvalue weighted by molar-refractivity contribution is 0.320. The molecule has 0 saturated heterocycles. The average Bonchev–Trinajstić information content (AvgIpc) is 3.12. The highest BCUT2D eigenvalue weighted by molar-refractivity contribution is 5.63. The van der Waals surface area contributed by atoms with E-state index in [4.69, 9.17) is 9.15 Å². The van der Waals surface area contributed by atoms with Gasteiger partial charge in [-0.3, -0.25) is 0 Å². The first-order valence-electron chi connectivity index (χ1n) is 9.76. The van der Waals surface area contributed by atoms with Gasteiger partial charge in [-0.2, -0.15) is 0 Å². The maximum atomic E-state index is 5.90. The predicted molar refractivity (Wildman–Crippen MR) is 117 cm³/mol. The maximum absolute atomic E-state index is 5.90. The van der Waals surface area contributed by atoms with E-state index < -0.39 is 0 Å². The molecule has 4 rings (SSSR count). The van der Waals surface area contributed by atoms with Crippen LogP contribution in [-0.4, -0.2) is 11.6 Å². The molecule has 1 aromatic heterocycles. The number of rotatable bonds is 7. The summed E-state index contributed by atoms with van der Waals surface area (Å²) < 4.78 is 11.7. The second kappa shape index (κ2) is 8.65. The highest BCUT2D eigenvalue weighted by Crippen LogP contribution is 2.24. The first-order valence-corrected chi connectivity index (χ1v) is 9.76. The number of hydrogen-bond donors (Lipinski definition) is 1. The third-order valence-corrected chi connectivity index (χ3v) is 4.80. The Bertz CT molecular complexity index is 1070. The Kier molecular flexibility index (Phi) is 5.61. The quantitative estimate of drug-likeness (QED) is 0.405. The molecular weight excluding hydrogens is 360 g/mol. The van der Waals surface area contributed by atoms with E-state index in [1.165, 1.54) is 5.56 Å². The van der Waals surface area contributed by atoms with Crippen LogP contribution in [0.15, 0.2) is 83.3 Å². The van der Waals surface area contributed by atoms with Crippen molar-refractivity contribution in [3.05, 3.63) is 95.9 Å². The highest BCUT2D eigenvalue weighted by atomic mass is 16.5. The topological polar surface area (TPSA) is 47.3 Å². The Morgan fingerprint density at radius 3 is 2.34 bits per heavy atom. The van der Waals surface area contributed by atoms with Crippen molar-refractivity contribution < 1.29 is 9.15 Å². The lowest BCUT2D eigenvalue weighted by atomic mass is 10.2. The number of anilines is 2. The number of para-hydroxylation sites is 1. The molecular formula is C25H24N2O2. The van der Waals surface area contributed by atoms with Crippen LogP contribution in [0.1, 0.15) is 17.0 Å². The summed E-state index contributed by atoms with van der Waals surface area (Å²) >= 11 is 0. The van der Waals surface area contributed by atoms with E-state index >= 15 is 0 Å². The molecule has 0 radical (unpaired) electrons. The van der Waals surface area contributed by atoms with Crippen LogP contribution < -0.4 is 10.1 Å². The normalized spacial score (nSPS) is 10.7. The highest BCUT2D eigenvalue weighted by Gasteiger charge is 2.11. The van der Waals surface area contributed by atoms with Crippen molar-refractivity contribution in [2.75, 3.05) is 11.9 Å². The number of nitrogens with zero attached hydrogens (tertiary/aromatic N) is 1. The molecule has 0 aliphatic rings. The largest absolute Gasteiger partial charge is 0.493 e. The van der Waals surface area contributed by atoms with Gasteiger partial charge in [-0.1, -0.05) is 36.4 Å². The zero-order chi connectivity index (χ0) is 20.1. The Morgan fingerprint density at radius 2 is 1.59 bits per heavy atom. The van der Waals surface area contributed by atoms with Crippen LogP contribution in [0.3, 0.4) is 0 Å². The molecule has 146 valence electrons. The van der Waals surface area contributed by atoms with Gasteiger partial charge in [0.05, 0.1) is 12.3 Å². The van der Waals surface area contributed by atoms with Crippen molar-refractivity contribution in [3.63, 3.8) is 0 Å². The summed E-state index contributed by atoms with van der Waals surface area (Å²) in [5, 5.41) is 3.43. The van der Waals surface area contributed by atoms with Gasteiger partial charge in [0.15, 0.2) is 0 Å². The van der Waals surface area contributed by atoms with E-state index in [1.54, 1.807) is 0 Å². The van der Waals surface area contributed by atoms with Crippen LogP contribution in [-0.2, 0) is 6.42 Å². The molecule has 0 unspecified atom stereocenters. The molecule has 0 spiro atoms. The fourth-order valence-corrected chi connectivity index (χ4v) is 3.13. The molecule has 0 aliphatic carbocycles. The van der Waals surface area contributed by atoms with Crippen LogP contribution in [0, 0.1) is 13.8 Å². The van der Waals surface area contributed by atoms with Gasteiger partial charge in [-0.25, -0.2) is 4.98 Å². The van der Waals surface area contributed by atoms with Gasteiger partial charge in [0.2, 0.25) is 5.89 Å². The smallest absolute Gasteiger partial charge is 0.226 e. The molecule has 0 fully saturated rings. The molecule has 4 aromatic rings. The Hall–Kier alpha value is -3.53. The molecule has 0 saturated carbocycles. The molecule has 3 aromatic carbocycles. The van der Waals surface area contributed by atoms with Crippen molar-refractivity contribution in [2.45, 2.75) is 20.3 Å². The van der Waals surface area contributed by atoms with Crippen LogP contribution in [0.25, 0.3) is 11.5 Å².